The number of piperazine rings is 1. The number of halogens is 1. The number of nitrogens with zero attached hydrogens (tertiary/aromatic N) is 3. The smallest absolute Gasteiger partial charge is 0.338 e. The standard InChI is InChI=1S/C24H33FN4O5/c1-5-28-19(14-27-11-12-29(16(3)13-27)20(30)15-33-4)21(23(31)34-6-2)22(26-24(28)32)17-7-9-18(25)10-8-17/h7-10,16,22H,5-6,11-15H2,1-4H3,(H,26,32)/t16-,22-/m0/s1. The number of rotatable bonds is 8. The van der Waals surface area contributed by atoms with Gasteiger partial charge in [0, 0.05) is 51.6 Å². The Hall–Kier alpha value is -2.98. The van der Waals surface area contributed by atoms with Gasteiger partial charge in [0.05, 0.1) is 18.2 Å². The number of ether oxygens (including phenoxy) is 2. The van der Waals surface area contributed by atoms with Crippen LogP contribution in [0.15, 0.2) is 35.5 Å². The lowest BCUT2D eigenvalue weighted by Gasteiger charge is -2.42. The summed E-state index contributed by atoms with van der Waals surface area (Å²) in [5, 5.41) is 2.88. The van der Waals surface area contributed by atoms with Crippen LogP contribution in [0.2, 0.25) is 0 Å². The maximum Gasteiger partial charge on any atom is 0.338 e. The first-order valence-electron chi connectivity index (χ1n) is 11.5. The number of hydrogen-bond acceptors (Lipinski definition) is 6. The first kappa shape index (κ1) is 25.6. The van der Waals surface area contributed by atoms with Crippen molar-refractivity contribution < 1.29 is 28.2 Å². The van der Waals surface area contributed by atoms with Crippen molar-refractivity contribution >= 4 is 17.9 Å². The molecule has 10 heteroatoms. The molecule has 2 atom stereocenters. The summed E-state index contributed by atoms with van der Waals surface area (Å²) in [4.78, 5) is 43.9. The monoisotopic (exact) mass is 476 g/mol. The van der Waals surface area contributed by atoms with Crippen LogP contribution in [0.5, 0.6) is 0 Å². The molecule has 0 aromatic heterocycles. The Labute approximate surface area is 199 Å². The molecule has 3 rings (SSSR count). The second-order valence-electron chi connectivity index (χ2n) is 8.36. The van der Waals surface area contributed by atoms with Gasteiger partial charge in [-0.05, 0) is 38.5 Å². The molecular formula is C24H33FN4O5. The summed E-state index contributed by atoms with van der Waals surface area (Å²) < 4.78 is 23.9. The molecule has 2 aliphatic heterocycles. The highest BCUT2D eigenvalue weighted by Gasteiger charge is 2.39. The van der Waals surface area contributed by atoms with Crippen LogP contribution in [0, 0.1) is 5.82 Å². The number of carbonyl (C=O) groups is 3. The Morgan fingerprint density at radius 2 is 1.88 bits per heavy atom. The Morgan fingerprint density at radius 3 is 2.47 bits per heavy atom. The molecule has 0 spiro atoms. The van der Waals surface area contributed by atoms with Crippen molar-refractivity contribution in [1.82, 2.24) is 20.0 Å². The molecule has 34 heavy (non-hydrogen) atoms. The minimum Gasteiger partial charge on any atom is -0.463 e. The van der Waals surface area contributed by atoms with Gasteiger partial charge in [-0.2, -0.15) is 0 Å². The molecule has 0 unspecified atom stereocenters. The van der Waals surface area contributed by atoms with Crippen LogP contribution >= 0.6 is 0 Å². The molecule has 1 aromatic rings. The number of benzene rings is 1. The fraction of sp³-hybridized carbons (Fsp3) is 0.542. The van der Waals surface area contributed by atoms with E-state index in [2.05, 4.69) is 10.2 Å². The minimum atomic E-state index is -0.757. The summed E-state index contributed by atoms with van der Waals surface area (Å²) in [7, 11) is 1.49. The number of carbonyl (C=O) groups excluding carboxylic acids is 3. The van der Waals surface area contributed by atoms with Gasteiger partial charge in [-0.25, -0.2) is 14.0 Å². The zero-order chi connectivity index (χ0) is 24.8. The summed E-state index contributed by atoms with van der Waals surface area (Å²) in [5.74, 6) is -0.991. The second kappa shape index (κ2) is 11.4. The van der Waals surface area contributed by atoms with Gasteiger partial charge in [0.1, 0.15) is 12.4 Å². The molecule has 1 fully saturated rings. The van der Waals surface area contributed by atoms with Gasteiger partial charge in [-0.1, -0.05) is 12.1 Å². The van der Waals surface area contributed by atoms with E-state index in [0.29, 0.717) is 49.6 Å². The zero-order valence-corrected chi connectivity index (χ0v) is 20.2. The molecule has 0 bridgehead atoms. The lowest BCUT2D eigenvalue weighted by molar-refractivity contribution is -0.139. The number of hydrogen-bond donors (Lipinski definition) is 1. The van der Waals surface area contributed by atoms with Crippen LogP contribution in [0.1, 0.15) is 32.4 Å². The van der Waals surface area contributed by atoms with E-state index in [-0.39, 0.29) is 31.2 Å². The molecule has 0 saturated carbocycles. The van der Waals surface area contributed by atoms with E-state index in [0.717, 1.165) is 0 Å². The van der Waals surface area contributed by atoms with Gasteiger partial charge in [0.2, 0.25) is 5.91 Å². The van der Waals surface area contributed by atoms with E-state index in [1.165, 1.54) is 19.2 Å². The molecule has 1 saturated heterocycles. The van der Waals surface area contributed by atoms with Crippen LogP contribution in [0.25, 0.3) is 0 Å². The van der Waals surface area contributed by atoms with Crippen molar-refractivity contribution in [2.75, 3.05) is 53.0 Å². The average Bonchev–Trinajstić information content (AvgIpc) is 2.79. The van der Waals surface area contributed by atoms with Crippen molar-refractivity contribution in [3.8, 4) is 0 Å². The Bertz CT molecular complexity index is 936. The molecular weight excluding hydrogens is 443 g/mol. The van der Waals surface area contributed by atoms with Gasteiger partial charge in [-0.3, -0.25) is 14.6 Å². The van der Waals surface area contributed by atoms with Crippen molar-refractivity contribution in [2.24, 2.45) is 0 Å². The zero-order valence-electron chi connectivity index (χ0n) is 20.2. The molecule has 9 nitrogen and oxygen atoms in total. The van der Waals surface area contributed by atoms with Crippen LogP contribution < -0.4 is 5.32 Å². The first-order valence-corrected chi connectivity index (χ1v) is 11.5. The van der Waals surface area contributed by atoms with E-state index in [4.69, 9.17) is 9.47 Å². The van der Waals surface area contributed by atoms with E-state index < -0.39 is 17.8 Å². The summed E-state index contributed by atoms with van der Waals surface area (Å²) in [6, 6.07) is 4.57. The molecule has 1 N–H and O–H groups in total. The topological polar surface area (TPSA) is 91.4 Å². The van der Waals surface area contributed by atoms with Gasteiger partial charge >= 0.3 is 12.0 Å². The van der Waals surface area contributed by atoms with E-state index >= 15 is 0 Å². The fourth-order valence-corrected chi connectivity index (χ4v) is 4.53. The van der Waals surface area contributed by atoms with E-state index in [1.54, 1.807) is 28.9 Å². The Morgan fingerprint density at radius 1 is 1.18 bits per heavy atom. The van der Waals surface area contributed by atoms with Crippen LogP contribution in [0.4, 0.5) is 9.18 Å². The number of esters is 1. The quantitative estimate of drug-likeness (QED) is 0.577. The number of amides is 3. The van der Waals surface area contributed by atoms with E-state index in [1.807, 2.05) is 13.8 Å². The fourth-order valence-electron chi connectivity index (χ4n) is 4.53. The normalized spacial score (nSPS) is 21.5. The van der Waals surface area contributed by atoms with Crippen LogP contribution in [0.3, 0.4) is 0 Å². The Kier molecular flexibility index (Phi) is 8.62. The minimum absolute atomic E-state index is 0.0334. The molecule has 2 aliphatic rings. The highest BCUT2D eigenvalue weighted by Crippen LogP contribution is 2.32. The predicted octanol–water partition coefficient (Wildman–Crippen LogP) is 1.91. The maximum atomic E-state index is 13.5. The van der Waals surface area contributed by atoms with E-state index in [9.17, 15) is 18.8 Å². The average molecular weight is 477 g/mol. The predicted molar refractivity (Wildman–Crippen MR) is 123 cm³/mol. The largest absolute Gasteiger partial charge is 0.463 e. The summed E-state index contributed by atoms with van der Waals surface area (Å²) in [6.07, 6.45) is 0. The highest BCUT2D eigenvalue weighted by atomic mass is 19.1. The number of urea groups is 1. The summed E-state index contributed by atoms with van der Waals surface area (Å²) in [6.45, 7) is 8.13. The third-order valence-corrected chi connectivity index (χ3v) is 6.13. The number of likely N-dealkylation sites (N-methyl/N-ethyl adjacent to an activating group) is 1. The lowest BCUT2D eigenvalue weighted by atomic mass is 9.94. The summed E-state index contributed by atoms with van der Waals surface area (Å²) in [5.41, 5.74) is 1.48. The number of nitrogens with one attached hydrogen (secondary N) is 1. The highest BCUT2D eigenvalue weighted by molar-refractivity contribution is 5.95. The number of methoxy groups -OCH3 is 1. The molecule has 186 valence electrons. The molecule has 1 aromatic carbocycles. The SMILES string of the molecule is CCOC(=O)C1=C(CN2CCN(C(=O)COC)[C@@H](C)C2)N(CC)C(=O)N[C@H]1c1ccc(F)cc1. The lowest BCUT2D eigenvalue weighted by Crippen LogP contribution is -2.57. The van der Waals surface area contributed by atoms with Crippen molar-refractivity contribution in [2.45, 2.75) is 32.9 Å². The van der Waals surface area contributed by atoms with Crippen LogP contribution in [-0.4, -0.2) is 91.7 Å². The third-order valence-electron chi connectivity index (χ3n) is 6.13. The molecule has 2 heterocycles. The Balaban J connectivity index is 1.95. The summed E-state index contributed by atoms with van der Waals surface area (Å²) >= 11 is 0. The third kappa shape index (κ3) is 5.56. The molecule has 0 aliphatic carbocycles. The van der Waals surface area contributed by atoms with Crippen molar-refractivity contribution in [3.05, 3.63) is 46.9 Å². The van der Waals surface area contributed by atoms with Gasteiger partial charge in [-0.15, -0.1) is 0 Å². The molecule has 3 amide bonds. The maximum absolute atomic E-state index is 13.5. The molecule has 0 radical (unpaired) electrons. The van der Waals surface area contributed by atoms with Crippen LogP contribution in [-0.2, 0) is 19.1 Å². The first-order chi connectivity index (χ1) is 16.3. The van der Waals surface area contributed by atoms with Gasteiger partial charge in [0.15, 0.2) is 0 Å². The van der Waals surface area contributed by atoms with Gasteiger partial charge in [0.25, 0.3) is 0 Å². The van der Waals surface area contributed by atoms with Crippen molar-refractivity contribution in [1.29, 1.82) is 0 Å². The van der Waals surface area contributed by atoms with Crippen molar-refractivity contribution in [3.63, 3.8) is 0 Å². The second-order valence-corrected chi connectivity index (χ2v) is 8.36. The van der Waals surface area contributed by atoms with Gasteiger partial charge < -0.3 is 19.7 Å².